The largest absolute Gasteiger partial charge is 0.392 e. The minimum absolute atomic E-state index is 0.0485. The Morgan fingerprint density at radius 1 is 1.21 bits per heavy atom. The summed E-state index contributed by atoms with van der Waals surface area (Å²) in [6.45, 7) is -0.0485. The van der Waals surface area contributed by atoms with Crippen molar-refractivity contribution in [2.45, 2.75) is 6.61 Å². The molecule has 3 nitrogen and oxygen atoms in total. The molecule has 0 amide bonds. The number of aliphatic hydroxyl groups is 1. The second-order valence-electron chi connectivity index (χ2n) is 4.15. The van der Waals surface area contributed by atoms with E-state index >= 15 is 0 Å². The van der Waals surface area contributed by atoms with Crippen LogP contribution in [0.3, 0.4) is 0 Å². The highest BCUT2D eigenvalue weighted by Crippen LogP contribution is 2.29. The number of nitriles is 1. The molecule has 2 rings (SSSR count). The Morgan fingerprint density at radius 2 is 1.89 bits per heavy atom. The Kier molecular flexibility index (Phi) is 4.06. The van der Waals surface area contributed by atoms with Crippen LogP contribution in [0.25, 0.3) is 0 Å². The predicted octanol–water partition coefficient (Wildman–Crippen LogP) is 3.47. The first-order valence-corrected chi connectivity index (χ1v) is 6.16. The van der Waals surface area contributed by atoms with E-state index in [0.29, 0.717) is 10.6 Å². The van der Waals surface area contributed by atoms with Gasteiger partial charge in [0, 0.05) is 29.0 Å². The van der Waals surface area contributed by atoms with Gasteiger partial charge in [-0.2, -0.15) is 5.26 Å². The van der Waals surface area contributed by atoms with Crippen LogP contribution in [0, 0.1) is 11.3 Å². The maximum absolute atomic E-state index is 9.37. The predicted molar refractivity (Wildman–Crippen MR) is 76.6 cm³/mol. The van der Waals surface area contributed by atoms with Crippen LogP contribution in [-0.4, -0.2) is 12.2 Å². The topological polar surface area (TPSA) is 47.3 Å². The Labute approximate surface area is 117 Å². The first kappa shape index (κ1) is 13.4. The first-order chi connectivity index (χ1) is 9.15. The number of halogens is 1. The molecule has 0 aliphatic rings. The van der Waals surface area contributed by atoms with E-state index in [0.717, 1.165) is 16.9 Å². The molecule has 2 aromatic rings. The van der Waals surface area contributed by atoms with E-state index in [2.05, 4.69) is 6.07 Å². The Balaban J connectivity index is 2.40. The van der Waals surface area contributed by atoms with Crippen molar-refractivity contribution in [1.82, 2.24) is 0 Å². The van der Waals surface area contributed by atoms with Gasteiger partial charge in [0.15, 0.2) is 0 Å². The molecule has 0 fully saturated rings. The van der Waals surface area contributed by atoms with Gasteiger partial charge in [0.25, 0.3) is 0 Å². The van der Waals surface area contributed by atoms with Crippen molar-refractivity contribution in [2.24, 2.45) is 0 Å². The molecule has 4 heteroatoms. The minimum atomic E-state index is -0.0485. The van der Waals surface area contributed by atoms with Crippen molar-refractivity contribution in [1.29, 1.82) is 5.26 Å². The molecule has 19 heavy (non-hydrogen) atoms. The Morgan fingerprint density at radius 3 is 2.47 bits per heavy atom. The molecule has 0 aromatic heterocycles. The van der Waals surface area contributed by atoms with Crippen LogP contribution < -0.4 is 4.90 Å². The summed E-state index contributed by atoms with van der Waals surface area (Å²) < 4.78 is 0. The lowest BCUT2D eigenvalue weighted by molar-refractivity contribution is 0.282. The van der Waals surface area contributed by atoms with Gasteiger partial charge in [0.05, 0.1) is 18.2 Å². The van der Waals surface area contributed by atoms with Gasteiger partial charge >= 0.3 is 0 Å². The van der Waals surface area contributed by atoms with Crippen LogP contribution in [0.5, 0.6) is 0 Å². The van der Waals surface area contributed by atoms with Gasteiger partial charge in [-0.05, 0) is 36.4 Å². The molecule has 0 saturated heterocycles. The summed E-state index contributed by atoms with van der Waals surface area (Å²) in [5.41, 5.74) is 3.19. The van der Waals surface area contributed by atoms with E-state index in [9.17, 15) is 5.11 Å². The molecule has 0 unspecified atom stereocenters. The van der Waals surface area contributed by atoms with Crippen LogP contribution in [0.4, 0.5) is 11.4 Å². The van der Waals surface area contributed by atoms with E-state index in [1.165, 1.54) is 0 Å². The Hall–Kier alpha value is -2.02. The molecule has 96 valence electrons. The summed E-state index contributed by atoms with van der Waals surface area (Å²) in [6.07, 6.45) is 0. The fourth-order valence-electron chi connectivity index (χ4n) is 1.88. The standard InChI is InChI=1S/C15H13ClN2O/c1-18(14-6-2-11(9-17)3-7-14)15-8-13(16)5-4-12(15)10-19/h2-8,19H,10H2,1H3. The number of rotatable bonds is 3. The summed E-state index contributed by atoms with van der Waals surface area (Å²) in [4.78, 5) is 1.93. The SMILES string of the molecule is CN(c1ccc(C#N)cc1)c1cc(Cl)ccc1CO. The van der Waals surface area contributed by atoms with Crippen molar-refractivity contribution in [3.8, 4) is 6.07 Å². The van der Waals surface area contributed by atoms with Gasteiger partial charge < -0.3 is 10.0 Å². The third kappa shape index (κ3) is 2.87. The average Bonchev–Trinajstić information content (AvgIpc) is 2.46. The maximum atomic E-state index is 9.37. The smallest absolute Gasteiger partial charge is 0.0991 e. The highest BCUT2D eigenvalue weighted by Gasteiger charge is 2.09. The van der Waals surface area contributed by atoms with Crippen molar-refractivity contribution in [3.05, 3.63) is 58.6 Å². The molecule has 0 spiro atoms. The zero-order chi connectivity index (χ0) is 13.8. The van der Waals surface area contributed by atoms with Gasteiger partial charge in [-0.25, -0.2) is 0 Å². The van der Waals surface area contributed by atoms with Crippen molar-refractivity contribution in [3.63, 3.8) is 0 Å². The molecule has 0 atom stereocenters. The third-order valence-corrected chi connectivity index (χ3v) is 3.20. The lowest BCUT2D eigenvalue weighted by Gasteiger charge is -2.22. The first-order valence-electron chi connectivity index (χ1n) is 5.79. The monoisotopic (exact) mass is 272 g/mol. The van der Waals surface area contributed by atoms with E-state index in [1.54, 1.807) is 24.3 Å². The lowest BCUT2D eigenvalue weighted by atomic mass is 10.1. The summed E-state index contributed by atoms with van der Waals surface area (Å²) in [6, 6.07) is 14.7. The number of anilines is 2. The fourth-order valence-corrected chi connectivity index (χ4v) is 2.05. The fraction of sp³-hybridized carbons (Fsp3) is 0.133. The van der Waals surface area contributed by atoms with E-state index < -0.39 is 0 Å². The summed E-state index contributed by atoms with van der Waals surface area (Å²) in [5, 5.41) is 18.8. The van der Waals surface area contributed by atoms with E-state index in [4.69, 9.17) is 16.9 Å². The van der Waals surface area contributed by atoms with Crippen LogP contribution >= 0.6 is 11.6 Å². The Bertz CT molecular complexity index is 617. The normalized spacial score (nSPS) is 10.0. The van der Waals surface area contributed by atoms with Crippen LogP contribution in [0.2, 0.25) is 5.02 Å². The second-order valence-corrected chi connectivity index (χ2v) is 4.59. The highest BCUT2D eigenvalue weighted by molar-refractivity contribution is 6.30. The number of aliphatic hydroxyl groups excluding tert-OH is 1. The van der Waals surface area contributed by atoms with E-state index in [-0.39, 0.29) is 6.61 Å². The number of hydrogen-bond donors (Lipinski definition) is 1. The van der Waals surface area contributed by atoms with Crippen LogP contribution in [0.15, 0.2) is 42.5 Å². The molecular formula is C15H13ClN2O. The van der Waals surface area contributed by atoms with Crippen molar-refractivity contribution >= 4 is 23.0 Å². The van der Waals surface area contributed by atoms with Gasteiger partial charge in [0.1, 0.15) is 0 Å². The number of hydrogen-bond acceptors (Lipinski definition) is 3. The lowest BCUT2D eigenvalue weighted by Crippen LogP contribution is -2.11. The quantitative estimate of drug-likeness (QED) is 0.931. The van der Waals surface area contributed by atoms with Gasteiger partial charge in [-0.15, -0.1) is 0 Å². The highest BCUT2D eigenvalue weighted by atomic mass is 35.5. The zero-order valence-corrected chi connectivity index (χ0v) is 11.2. The van der Waals surface area contributed by atoms with Gasteiger partial charge in [0.2, 0.25) is 0 Å². The number of nitrogens with zero attached hydrogens (tertiary/aromatic N) is 2. The summed E-state index contributed by atoms with van der Waals surface area (Å²) in [5.74, 6) is 0. The molecule has 0 heterocycles. The van der Waals surface area contributed by atoms with Crippen molar-refractivity contribution < 1.29 is 5.11 Å². The molecule has 2 aromatic carbocycles. The maximum Gasteiger partial charge on any atom is 0.0991 e. The summed E-state index contributed by atoms with van der Waals surface area (Å²) in [7, 11) is 1.90. The van der Waals surface area contributed by atoms with Gasteiger partial charge in [-0.3, -0.25) is 0 Å². The minimum Gasteiger partial charge on any atom is -0.392 e. The molecule has 0 saturated carbocycles. The molecule has 0 aliphatic carbocycles. The molecule has 0 radical (unpaired) electrons. The molecular weight excluding hydrogens is 260 g/mol. The van der Waals surface area contributed by atoms with Crippen LogP contribution in [0.1, 0.15) is 11.1 Å². The van der Waals surface area contributed by atoms with E-state index in [1.807, 2.05) is 30.1 Å². The van der Waals surface area contributed by atoms with Crippen LogP contribution in [-0.2, 0) is 6.61 Å². The zero-order valence-electron chi connectivity index (χ0n) is 10.5. The van der Waals surface area contributed by atoms with Gasteiger partial charge in [-0.1, -0.05) is 17.7 Å². The molecule has 0 bridgehead atoms. The van der Waals surface area contributed by atoms with Crippen molar-refractivity contribution in [2.75, 3.05) is 11.9 Å². The number of benzene rings is 2. The average molecular weight is 273 g/mol. The second kappa shape index (κ2) is 5.75. The molecule has 1 N–H and O–H groups in total. The third-order valence-electron chi connectivity index (χ3n) is 2.96. The molecule has 0 aliphatic heterocycles. The summed E-state index contributed by atoms with van der Waals surface area (Å²) >= 11 is 6.00.